The lowest BCUT2D eigenvalue weighted by atomic mass is 9.95. The third kappa shape index (κ3) is 6.77. The fraction of sp³-hybridized carbons (Fsp3) is 0.517. The largest absolute Gasteiger partial charge is 0.486 e. The number of carbonyl (C=O) groups excluding carboxylic acids is 2. The first-order valence-corrected chi connectivity index (χ1v) is 13.1. The van der Waals surface area contributed by atoms with E-state index in [4.69, 9.17) is 9.47 Å². The summed E-state index contributed by atoms with van der Waals surface area (Å²) in [4.78, 5) is 28.7. The molecule has 0 bridgehead atoms. The van der Waals surface area contributed by atoms with Crippen LogP contribution in [-0.2, 0) is 22.6 Å². The Labute approximate surface area is 209 Å². The Morgan fingerprint density at radius 3 is 2.51 bits per heavy atom. The molecule has 6 heteroatoms. The van der Waals surface area contributed by atoms with E-state index in [0.29, 0.717) is 39.0 Å². The van der Waals surface area contributed by atoms with Crippen LogP contribution in [0.1, 0.15) is 68.6 Å². The maximum atomic E-state index is 13.6. The van der Waals surface area contributed by atoms with Crippen molar-refractivity contribution in [3.05, 3.63) is 59.2 Å². The SMILES string of the molecule is CC[C@H](C(=O)NC1CCCCC1)N(Cc1cccc(C)c1)C(=O)CCc1ccc2c(c1)OCCO2. The van der Waals surface area contributed by atoms with Crippen LogP contribution in [0.2, 0.25) is 0 Å². The standard InChI is InChI=1S/C29H38N2O4/c1-3-25(29(33)30-24-10-5-4-6-11-24)31(20-23-9-7-8-21(2)18-23)28(32)15-13-22-12-14-26-27(19-22)35-17-16-34-26/h7-9,12,14,18-19,24-25H,3-6,10-11,13,15-17,20H2,1-2H3,(H,30,33)/t25-/m1/s1. The lowest BCUT2D eigenvalue weighted by Crippen LogP contribution is -2.51. The van der Waals surface area contributed by atoms with Crippen LogP contribution < -0.4 is 14.8 Å². The normalized spacial score (nSPS) is 16.4. The molecule has 0 radical (unpaired) electrons. The summed E-state index contributed by atoms with van der Waals surface area (Å²) in [5.74, 6) is 1.45. The van der Waals surface area contributed by atoms with E-state index in [1.54, 1.807) is 4.90 Å². The van der Waals surface area contributed by atoms with Crippen LogP contribution >= 0.6 is 0 Å². The van der Waals surface area contributed by atoms with Crippen molar-refractivity contribution in [3.8, 4) is 11.5 Å². The first-order chi connectivity index (χ1) is 17.0. The Bertz CT molecular complexity index is 1020. The number of nitrogens with one attached hydrogen (secondary N) is 1. The van der Waals surface area contributed by atoms with Gasteiger partial charge in [0.15, 0.2) is 11.5 Å². The second-order valence-corrected chi connectivity index (χ2v) is 9.76. The zero-order chi connectivity index (χ0) is 24.6. The van der Waals surface area contributed by atoms with Crippen LogP contribution in [0, 0.1) is 6.92 Å². The fourth-order valence-corrected chi connectivity index (χ4v) is 5.11. The van der Waals surface area contributed by atoms with Gasteiger partial charge in [-0.2, -0.15) is 0 Å². The molecule has 2 aromatic rings. The van der Waals surface area contributed by atoms with Crippen LogP contribution in [0.3, 0.4) is 0 Å². The second kappa shape index (κ2) is 12.1. The number of amides is 2. The summed E-state index contributed by atoms with van der Waals surface area (Å²) >= 11 is 0. The highest BCUT2D eigenvalue weighted by atomic mass is 16.6. The number of fused-ring (bicyclic) bond motifs is 1. The Morgan fingerprint density at radius 2 is 1.77 bits per heavy atom. The molecular weight excluding hydrogens is 440 g/mol. The van der Waals surface area contributed by atoms with E-state index >= 15 is 0 Å². The van der Waals surface area contributed by atoms with Gasteiger partial charge in [-0.1, -0.05) is 62.1 Å². The van der Waals surface area contributed by atoms with Gasteiger partial charge in [-0.25, -0.2) is 0 Å². The molecule has 1 N–H and O–H groups in total. The van der Waals surface area contributed by atoms with Crippen molar-refractivity contribution < 1.29 is 19.1 Å². The number of benzene rings is 2. The summed E-state index contributed by atoms with van der Waals surface area (Å²) in [6.07, 6.45) is 7.10. The first-order valence-electron chi connectivity index (χ1n) is 13.1. The maximum Gasteiger partial charge on any atom is 0.243 e. The van der Waals surface area contributed by atoms with Crippen LogP contribution in [0.4, 0.5) is 0 Å². The molecule has 1 atom stereocenters. The molecule has 6 nitrogen and oxygen atoms in total. The molecule has 4 rings (SSSR count). The van der Waals surface area contributed by atoms with Gasteiger partial charge in [0.25, 0.3) is 0 Å². The zero-order valence-electron chi connectivity index (χ0n) is 21.1. The number of hydrogen-bond donors (Lipinski definition) is 1. The summed E-state index contributed by atoms with van der Waals surface area (Å²) in [5.41, 5.74) is 3.21. The minimum Gasteiger partial charge on any atom is -0.486 e. The van der Waals surface area contributed by atoms with Crippen LogP contribution in [-0.4, -0.2) is 42.0 Å². The molecular formula is C29H38N2O4. The lowest BCUT2D eigenvalue weighted by molar-refractivity contribution is -0.141. The van der Waals surface area contributed by atoms with Crippen LogP contribution in [0.15, 0.2) is 42.5 Å². The minimum absolute atomic E-state index is 0.00737. The molecule has 1 heterocycles. The Hall–Kier alpha value is -3.02. The molecule has 0 spiro atoms. The van der Waals surface area contributed by atoms with Crippen molar-refractivity contribution in [3.63, 3.8) is 0 Å². The number of carbonyl (C=O) groups is 2. The number of rotatable bonds is 9. The van der Waals surface area contributed by atoms with Crippen molar-refractivity contribution in [1.29, 1.82) is 0 Å². The molecule has 0 unspecified atom stereocenters. The van der Waals surface area contributed by atoms with E-state index in [9.17, 15) is 9.59 Å². The van der Waals surface area contributed by atoms with E-state index in [0.717, 1.165) is 53.9 Å². The van der Waals surface area contributed by atoms with E-state index in [1.807, 2.05) is 50.2 Å². The minimum atomic E-state index is -0.481. The summed E-state index contributed by atoms with van der Waals surface area (Å²) in [7, 11) is 0. The topological polar surface area (TPSA) is 67.9 Å². The van der Waals surface area contributed by atoms with E-state index < -0.39 is 6.04 Å². The predicted octanol–water partition coefficient (Wildman–Crippen LogP) is 4.96. The van der Waals surface area contributed by atoms with Gasteiger partial charge in [-0.15, -0.1) is 0 Å². The van der Waals surface area contributed by atoms with Crippen molar-refractivity contribution in [1.82, 2.24) is 10.2 Å². The van der Waals surface area contributed by atoms with E-state index in [-0.39, 0.29) is 17.9 Å². The molecule has 0 saturated heterocycles. The van der Waals surface area contributed by atoms with Crippen molar-refractivity contribution in [2.45, 2.75) is 83.8 Å². The molecule has 1 fully saturated rings. The van der Waals surface area contributed by atoms with Crippen molar-refractivity contribution in [2.24, 2.45) is 0 Å². The molecule has 35 heavy (non-hydrogen) atoms. The second-order valence-electron chi connectivity index (χ2n) is 9.76. The average molecular weight is 479 g/mol. The molecule has 0 aromatic heterocycles. The van der Waals surface area contributed by atoms with Gasteiger partial charge in [-0.3, -0.25) is 9.59 Å². The van der Waals surface area contributed by atoms with Gasteiger partial charge in [-0.05, 0) is 55.9 Å². The average Bonchev–Trinajstić information content (AvgIpc) is 2.87. The van der Waals surface area contributed by atoms with Crippen molar-refractivity contribution in [2.75, 3.05) is 13.2 Å². The van der Waals surface area contributed by atoms with Gasteiger partial charge < -0.3 is 19.7 Å². The Balaban J connectivity index is 1.48. The number of ether oxygens (including phenoxy) is 2. The van der Waals surface area contributed by atoms with Crippen LogP contribution in [0.25, 0.3) is 0 Å². The highest BCUT2D eigenvalue weighted by Crippen LogP contribution is 2.31. The molecule has 2 amide bonds. The third-order valence-electron chi connectivity index (χ3n) is 7.01. The monoisotopic (exact) mass is 478 g/mol. The van der Waals surface area contributed by atoms with Crippen LogP contribution in [0.5, 0.6) is 11.5 Å². The quantitative estimate of drug-likeness (QED) is 0.553. The van der Waals surface area contributed by atoms with E-state index in [1.165, 1.54) is 6.42 Å². The highest BCUT2D eigenvalue weighted by molar-refractivity contribution is 5.88. The number of nitrogens with zero attached hydrogens (tertiary/aromatic N) is 1. The smallest absolute Gasteiger partial charge is 0.243 e. The molecule has 1 saturated carbocycles. The van der Waals surface area contributed by atoms with Gasteiger partial charge in [0.1, 0.15) is 19.3 Å². The first kappa shape index (κ1) is 25.1. The van der Waals surface area contributed by atoms with Crippen molar-refractivity contribution >= 4 is 11.8 Å². The Morgan fingerprint density at radius 1 is 1.00 bits per heavy atom. The molecule has 188 valence electrons. The zero-order valence-corrected chi connectivity index (χ0v) is 21.1. The highest BCUT2D eigenvalue weighted by Gasteiger charge is 2.30. The lowest BCUT2D eigenvalue weighted by Gasteiger charge is -2.33. The molecule has 2 aromatic carbocycles. The molecule has 2 aliphatic rings. The summed E-state index contributed by atoms with van der Waals surface area (Å²) in [6, 6.07) is 13.8. The maximum absolute atomic E-state index is 13.6. The molecule has 1 aliphatic carbocycles. The Kier molecular flexibility index (Phi) is 8.67. The molecule has 1 aliphatic heterocycles. The summed E-state index contributed by atoms with van der Waals surface area (Å²) in [5, 5.41) is 3.25. The predicted molar refractivity (Wildman–Crippen MR) is 137 cm³/mol. The third-order valence-corrected chi connectivity index (χ3v) is 7.01. The van der Waals surface area contributed by atoms with Gasteiger partial charge >= 0.3 is 0 Å². The number of hydrogen-bond acceptors (Lipinski definition) is 4. The fourth-order valence-electron chi connectivity index (χ4n) is 5.11. The van der Waals surface area contributed by atoms with Gasteiger partial charge in [0.2, 0.25) is 11.8 Å². The van der Waals surface area contributed by atoms with Gasteiger partial charge in [0.05, 0.1) is 0 Å². The summed E-state index contributed by atoms with van der Waals surface area (Å²) in [6.45, 7) is 5.55. The van der Waals surface area contributed by atoms with Gasteiger partial charge in [0, 0.05) is 19.0 Å². The summed E-state index contributed by atoms with van der Waals surface area (Å²) < 4.78 is 11.3. The van der Waals surface area contributed by atoms with E-state index in [2.05, 4.69) is 11.4 Å². The number of aryl methyl sites for hydroxylation is 2.